The van der Waals surface area contributed by atoms with Crippen molar-refractivity contribution in [1.29, 1.82) is 0 Å². The Bertz CT molecular complexity index is 1260. The quantitative estimate of drug-likeness (QED) is 0.470. The van der Waals surface area contributed by atoms with E-state index >= 15 is 0 Å². The molecule has 3 aromatic rings. The van der Waals surface area contributed by atoms with Gasteiger partial charge in [0.15, 0.2) is 0 Å². The average molecular weight is 502 g/mol. The fourth-order valence-corrected chi connectivity index (χ4v) is 5.19. The summed E-state index contributed by atoms with van der Waals surface area (Å²) in [5.41, 5.74) is 1.55. The lowest BCUT2D eigenvalue weighted by atomic mass is 9.95. The van der Waals surface area contributed by atoms with Gasteiger partial charge in [0.05, 0.1) is 10.6 Å². The molecule has 9 heteroatoms. The fourth-order valence-electron chi connectivity index (χ4n) is 3.95. The number of hydrogen-bond acceptors (Lipinski definition) is 4. The van der Waals surface area contributed by atoms with Gasteiger partial charge in [-0.05, 0) is 74.5 Å². The molecule has 0 aromatic heterocycles. The summed E-state index contributed by atoms with van der Waals surface area (Å²) in [6, 6.07) is 19.2. The highest BCUT2D eigenvalue weighted by Gasteiger charge is 2.25. The predicted molar refractivity (Wildman–Crippen MR) is 132 cm³/mol. The second kappa shape index (κ2) is 10.5. The van der Waals surface area contributed by atoms with Gasteiger partial charge in [-0.3, -0.25) is 14.4 Å². The number of nitrogens with one attached hydrogen (secondary N) is 2. The third-order valence-corrected chi connectivity index (χ3v) is 7.45. The van der Waals surface area contributed by atoms with Crippen LogP contribution in [-0.2, 0) is 21.4 Å². The van der Waals surface area contributed by atoms with Gasteiger partial charge in [-0.25, -0.2) is 12.8 Å². The van der Waals surface area contributed by atoms with Crippen LogP contribution in [0.15, 0.2) is 77.7 Å². The molecule has 178 valence electrons. The van der Waals surface area contributed by atoms with Crippen LogP contribution in [0.3, 0.4) is 0 Å². The van der Waals surface area contributed by atoms with Crippen molar-refractivity contribution in [2.45, 2.75) is 24.3 Å². The Morgan fingerprint density at radius 2 is 1.68 bits per heavy atom. The van der Waals surface area contributed by atoms with Crippen LogP contribution in [0.2, 0.25) is 5.02 Å². The Labute approximate surface area is 203 Å². The summed E-state index contributed by atoms with van der Waals surface area (Å²) in [5.74, 6) is -0.460. The number of carbonyl (C=O) groups is 1. The summed E-state index contributed by atoms with van der Waals surface area (Å²) in [6.07, 6.45) is 1.35. The predicted octanol–water partition coefficient (Wildman–Crippen LogP) is 5.13. The van der Waals surface area contributed by atoms with E-state index in [1.54, 1.807) is 42.5 Å². The maximum absolute atomic E-state index is 13.9. The molecule has 1 aliphatic heterocycles. The number of halogens is 2. The lowest BCUT2D eigenvalue weighted by Gasteiger charge is -2.31. The first-order valence-electron chi connectivity index (χ1n) is 11.0. The van der Waals surface area contributed by atoms with Crippen molar-refractivity contribution in [1.82, 2.24) is 4.90 Å². The summed E-state index contributed by atoms with van der Waals surface area (Å²) in [6.45, 7) is 1.94. The van der Waals surface area contributed by atoms with E-state index in [1.165, 1.54) is 24.3 Å². The maximum atomic E-state index is 13.9. The van der Waals surface area contributed by atoms with Crippen LogP contribution >= 0.6 is 11.6 Å². The SMILES string of the molecule is O=C(Nc1ccc(S(=O)(=O)Nc2cccc(Cl)c2)cc1)C1CCN(Cc2ccccc2F)CC1. The molecule has 34 heavy (non-hydrogen) atoms. The highest BCUT2D eigenvalue weighted by Crippen LogP contribution is 2.23. The van der Waals surface area contributed by atoms with Crippen LogP contribution < -0.4 is 10.0 Å². The van der Waals surface area contributed by atoms with E-state index in [0.29, 0.717) is 54.4 Å². The largest absolute Gasteiger partial charge is 0.326 e. The highest BCUT2D eigenvalue weighted by atomic mass is 35.5. The monoisotopic (exact) mass is 501 g/mol. The van der Waals surface area contributed by atoms with E-state index in [2.05, 4.69) is 14.9 Å². The number of rotatable bonds is 7. The van der Waals surface area contributed by atoms with Crippen molar-refractivity contribution >= 4 is 38.9 Å². The zero-order valence-corrected chi connectivity index (χ0v) is 19.9. The molecular formula is C25H25ClFN3O3S. The number of likely N-dealkylation sites (tertiary alicyclic amines) is 1. The second-order valence-corrected chi connectivity index (χ2v) is 10.4. The minimum atomic E-state index is -3.78. The van der Waals surface area contributed by atoms with Crippen molar-refractivity contribution in [3.63, 3.8) is 0 Å². The highest BCUT2D eigenvalue weighted by molar-refractivity contribution is 7.92. The maximum Gasteiger partial charge on any atom is 0.261 e. The molecular weight excluding hydrogens is 477 g/mol. The Kier molecular flexibility index (Phi) is 7.50. The first-order chi connectivity index (χ1) is 16.3. The topological polar surface area (TPSA) is 78.5 Å². The normalized spacial score (nSPS) is 15.1. The molecule has 0 radical (unpaired) electrons. The van der Waals surface area contributed by atoms with E-state index in [0.717, 1.165) is 0 Å². The molecule has 4 rings (SSSR count). The van der Waals surface area contributed by atoms with Crippen LogP contribution in [0.1, 0.15) is 18.4 Å². The number of amides is 1. The van der Waals surface area contributed by atoms with Gasteiger partial charge in [-0.15, -0.1) is 0 Å². The zero-order chi connectivity index (χ0) is 24.1. The molecule has 0 bridgehead atoms. The Morgan fingerprint density at radius 3 is 2.35 bits per heavy atom. The summed E-state index contributed by atoms with van der Waals surface area (Å²) < 4.78 is 41.6. The van der Waals surface area contributed by atoms with Crippen molar-refractivity contribution in [3.8, 4) is 0 Å². The van der Waals surface area contributed by atoms with Gasteiger partial charge in [-0.2, -0.15) is 0 Å². The van der Waals surface area contributed by atoms with Gasteiger partial charge in [0.2, 0.25) is 5.91 Å². The van der Waals surface area contributed by atoms with Crippen molar-refractivity contribution < 1.29 is 17.6 Å². The number of nitrogens with zero attached hydrogens (tertiary/aromatic N) is 1. The summed E-state index contributed by atoms with van der Waals surface area (Å²) >= 11 is 5.91. The lowest BCUT2D eigenvalue weighted by Crippen LogP contribution is -2.37. The van der Waals surface area contributed by atoms with Crippen LogP contribution in [0.5, 0.6) is 0 Å². The fraction of sp³-hybridized carbons (Fsp3) is 0.240. The lowest BCUT2D eigenvalue weighted by molar-refractivity contribution is -0.121. The van der Waals surface area contributed by atoms with Gasteiger partial charge < -0.3 is 5.32 Å². The van der Waals surface area contributed by atoms with Gasteiger partial charge >= 0.3 is 0 Å². The van der Waals surface area contributed by atoms with E-state index in [-0.39, 0.29) is 22.5 Å². The molecule has 1 aliphatic rings. The standard InChI is InChI=1S/C25H25ClFN3O3S/c26-20-5-3-6-22(16-20)29-34(32,33)23-10-8-21(9-11-23)28-25(31)18-12-14-30(15-13-18)17-19-4-1-2-7-24(19)27/h1-11,16,18,29H,12-15,17H2,(H,28,31). The molecule has 1 heterocycles. The van der Waals surface area contributed by atoms with Crippen molar-refractivity contribution in [2.24, 2.45) is 5.92 Å². The summed E-state index contributed by atoms with van der Waals surface area (Å²) in [5, 5.41) is 3.30. The second-order valence-electron chi connectivity index (χ2n) is 8.27. The molecule has 6 nitrogen and oxygen atoms in total. The van der Waals surface area contributed by atoms with Crippen LogP contribution in [0, 0.1) is 11.7 Å². The number of benzene rings is 3. The van der Waals surface area contributed by atoms with Crippen LogP contribution in [0.25, 0.3) is 0 Å². The molecule has 0 saturated carbocycles. The smallest absolute Gasteiger partial charge is 0.261 e. The first kappa shape index (κ1) is 24.2. The van der Waals surface area contributed by atoms with Gasteiger partial charge in [0, 0.05) is 28.7 Å². The van der Waals surface area contributed by atoms with Crippen molar-refractivity contribution in [3.05, 3.63) is 89.2 Å². The Balaban J connectivity index is 1.30. The summed E-state index contributed by atoms with van der Waals surface area (Å²) in [4.78, 5) is 14.9. The van der Waals surface area contributed by atoms with Crippen LogP contribution in [0.4, 0.5) is 15.8 Å². The third kappa shape index (κ3) is 6.14. The molecule has 0 spiro atoms. The molecule has 0 aliphatic carbocycles. The number of sulfonamides is 1. The summed E-state index contributed by atoms with van der Waals surface area (Å²) in [7, 11) is -3.78. The van der Waals surface area contributed by atoms with Gasteiger partial charge in [0.25, 0.3) is 10.0 Å². The van der Waals surface area contributed by atoms with Gasteiger partial charge in [0.1, 0.15) is 5.82 Å². The van der Waals surface area contributed by atoms with E-state index in [4.69, 9.17) is 11.6 Å². The number of anilines is 2. The molecule has 3 aromatic carbocycles. The number of carbonyl (C=O) groups excluding carboxylic acids is 1. The van der Waals surface area contributed by atoms with Crippen molar-refractivity contribution in [2.75, 3.05) is 23.1 Å². The molecule has 0 unspecified atom stereocenters. The van der Waals surface area contributed by atoms with Crippen LogP contribution in [-0.4, -0.2) is 32.3 Å². The van der Waals surface area contributed by atoms with E-state index in [9.17, 15) is 17.6 Å². The van der Waals surface area contributed by atoms with E-state index in [1.807, 2.05) is 6.07 Å². The molecule has 1 fully saturated rings. The first-order valence-corrected chi connectivity index (χ1v) is 12.8. The van der Waals surface area contributed by atoms with E-state index < -0.39 is 10.0 Å². The third-order valence-electron chi connectivity index (χ3n) is 5.82. The minimum Gasteiger partial charge on any atom is -0.326 e. The average Bonchev–Trinajstić information content (AvgIpc) is 2.81. The molecule has 1 amide bonds. The molecule has 1 saturated heterocycles. The Morgan fingerprint density at radius 1 is 0.971 bits per heavy atom. The number of piperidine rings is 1. The number of hydrogen-bond donors (Lipinski definition) is 2. The van der Waals surface area contributed by atoms with Gasteiger partial charge in [-0.1, -0.05) is 35.9 Å². The zero-order valence-electron chi connectivity index (χ0n) is 18.4. The molecule has 0 atom stereocenters. The Hall–Kier alpha value is -2.94. The molecule has 2 N–H and O–H groups in total. The minimum absolute atomic E-state index is 0.0759.